The maximum absolute atomic E-state index is 7.37. The number of nitrogens with two attached hydrogens (primary N) is 1. The van der Waals surface area contributed by atoms with E-state index in [4.69, 9.17) is 15.2 Å². The molecule has 178 valence electrons. The van der Waals surface area contributed by atoms with Crippen molar-refractivity contribution < 1.29 is 9.47 Å². The van der Waals surface area contributed by atoms with Gasteiger partial charge in [-0.05, 0) is 61.0 Å². The first-order chi connectivity index (χ1) is 16.9. The molecular formula is C30H31NO2P2. The molecule has 3 nitrogen and oxygen atoms in total. The van der Waals surface area contributed by atoms with Crippen molar-refractivity contribution in [1.29, 1.82) is 0 Å². The standard InChI is InChI=1S/C30H31NO2P2/c1-29(2,3)35-27-23(21-14-8-5-9-15-21)17-11-19-25(27)33-30(35,31)28-32-24-18-10-16-22(26(24)34-28)20-12-6-4-7-13-20/h4-9,11-15,17-19,28,34H,10,16,31H2,1-3H3. The van der Waals surface area contributed by atoms with E-state index in [-0.39, 0.29) is 11.0 Å². The van der Waals surface area contributed by atoms with Gasteiger partial charge in [0.25, 0.3) is 0 Å². The molecule has 4 atom stereocenters. The first kappa shape index (κ1) is 23.0. The summed E-state index contributed by atoms with van der Waals surface area (Å²) in [5.41, 5.74) is 11.6. The molecule has 1 aliphatic carbocycles. The highest BCUT2D eigenvalue weighted by atomic mass is 31.1. The van der Waals surface area contributed by atoms with E-state index < -0.39 is 13.4 Å². The molecule has 3 aliphatic rings. The van der Waals surface area contributed by atoms with E-state index in [0.29, 0.717) is 8.58 Å². The molecule has 5 heteroatoms. The van der Waals surface area contributed by atoms with Gasteiger partial charge in [-0.2, -0.15) is 0 Å². The van der Waals surface area contributed by atoms with Gasteiger partial charge in [0.2, 0.25) is 5.47 Å². The number of allylic oxidation sites excluding steroid dienone is 3. The van der Waals surface area contributed by atoms with Crippen LogP contribution in [0.15, 0.2) is 96.0 Å². The average Bonchev–Trinajstić information content (AvgIpc) is 3.44. The van der Waals surface area contributed by atoms with Crippen molar-refractivity contribution >= 4 is 27.4 Å². The van der Waals surface area contributed by atoms with Gasteiger partial charge in [0.05, 0.1) is 0 Å². The topological polar surface area (TPSA) is 44.5 Å². The van der Waals surface area contributed by atoms with Gasteiger partial charge in [0.1, 0.15) is 11.5 Å². The second kappa shape index (κ2) is 8.59. The minimum absolute atomic E-state index is 0.0627. The van der Waals surface area contributed by atoms with Crippen LogP contribution in [-0.4, -0.2) is 16.5 Å². The molecule has 0 saturated carbocycles. The number of hydrogen-bond donors (Lipinski definition) is 1. The first-order valence-electron chi connectivity index (χ1n) is 12.3. The van der Waals surface area contributed by atoms with Crippen molar-refractivity contribution in [3.05, 3.63) is 102 Å². The molecule has 2 heterocycles. The molecule has 0 bridgehead atoms. The summed E-state index contributed by atoms with van der Waals surface area (Å²) in [6.45, 7) is 6.87. The van der Waals surface area contributed by atoms with Gasteiger partial charge in [-0.15, -0.1) is 0 Å². The van der Waals surface area contributed by atoms with Gasteiger partial charge in [0.15, 0.2) is 5.85 Å². The van der Waals surface area contributed by atoms with Crippen molar-refractivity contribution in [1.82, 2.24) is 0 Å². The summed E-state index contributed by atoms with van der Waals surface area (Å²) in [6, 6.07) is 27.7. The summed E-state index contributed by atoms with van der Waals surface area (Å²) in [5, 5.41) is 2.52. The second-order valence-corrected chi connectivity index (χ2v) is 14.8. The van der Waals surface area contributed by atoms with E-state index in [9.17, 15) is 0 Å². The fraction of sp³-hybridized carbons (Fsp3) is 0.267. The van der Waals surface area contributed by atoms with Gasteiger partial charge >= 0.3 is 0 Å². The summed E-state index contributed by atoms with van der Waals surface area (Å²) in [7, 11) is -0.460. The predicted octanol–water partition coefficient (Wildman–Crippen LogP) is 7.39. The summed E-state index contributed by atoms with van der Waals surface area (Å²) in [5.74, 6) is 1.71. The molecule has 0 amide bonds. The Kier molecular flexibility index (Phi) is 5.65. The Balaban J connectivity index is 1.45. The van der Waals surface area contributed by atoms with E-state index in [1.165, 1.54) is 32.9 Å². The second-order valence-electron chi connectivity index (χ2n) is 10.3. The Morgan fingerprint density at radius 2 is 1.60 bits per heavy atom. The van der Waals surface area contributed by atoms with Gasteiger partial charge in [-0.3, -0.25) is 5.73 Å². The Labute approximate surface area is 211 Å². The molecule has 35 heavy (non-hydrogen) atoms. The third-order valence-electron chi connectivity index (χ3n) is 6.89. The van der Waals surface area contributed by atoms with Crippen molar-refractivity contribution in [3.8, 4) is 16.9 Å². The number of benzene rings is 3. The fourth-order valence-corrected chi connectivity index (χ4v) is 10.9. The first-order valence-corrected chi connectivity index (χ1v) is 14.7. The van der Waals surface area contributed by atoms with Crippen LogP contribution in [0.1, 0.15) is 39.2 Å². The van der Waals surface area contributed by atoms with Gasteiger partial charge in [0, 0.05) is 18.5 Å². The van der Waals surface area contributed by atoms with Gasteiger partial charge in [-0.1, -0.05) is 93.6 Å². The zero-order valence-electron chi connectivity index (χ0n) is 20.4. The Hall–Kier alpha value is -2.44. The predicted molar refractivity (Wildman–Crippen MR) is 150 cm³/mol. The maximum atomic E-state index is 7.37. The van der Waals surface area contributed by atoms with Crippen molar-refractivity contribution in [2.75, 3.05) is 0 Å². The third-order valence-corrected chi connectivity index (χ3v) is 12.1. The van der Waals surface area contributed by atoms with Crippen LogP contribution in [0.25, 0.3) is 16.7 Å². The molecule has 3 aromatic carbocycles. The molecule has 2 aliphatic heterocycles. The lowest BCUT2D eigenvalue weighted by atomic mass is 9.96. The molecule has 0 radical (unpaired) electrons. The van der Waals surface area contributed by atoms with Crippen LogP contribution in [0.5, 0.6) is 5.75 Å². The lowest BCUT2D eigenvalue weighted by Crippen LogP contribution is -2.53. The van der Waals surface area contributed by atoms with E-state index in [0.717, 1.165) is 24.4 Å². The van der Waals surface area contributed by atoms with Crippen LogP contribution in [0, 0.1) is 0 Å². The highest BCUT2D eigenvalue weighted by molar-refractivity contribution is 7.70. The molecule has 6 rings (SSSR count). The summed E-state index contributed by atoms with van der Waals surface area (Å²) < 4.78 is 13.5. The number of rotatable bonds is 3. The van der Waals surface area contributed by atoms with Crippen molar-refractivity contribution in [3.63, 3.8) is 0 Å². The summed E-state index contributed by atoms with van der Waals surface area (Å²) in [4.78, 5) is 0. The van der Waals surface area contributed by atoms with Crippen molar-refractivity contribution in [2.45, 2.75) is 50.1 Å². The van der Waals surface area contributed by atoms with Crippen molar-refractivity contribution in [2.24, 2.45) is 5.73 Å². The van der Waals surface area contributed by atoms with Crippen LogP contribution in [0.4, 0.5) is 0 Å². The maximum Gasteiger partial charge on any atom is 0.222 e. The summed E-state index contributed by atoms with van der Waals surface area (Å²) >= 11 is 0. The smallest absolute Gasteiger partial charge is 0.222 e. The number of ether oxygens (including phenoxy) is 2. The van der Waals surface area contributed by atoms with E-state index in [1.807, 2.05) is 0 Å². The minimum atomic E-state index is -0.911. The molecule has 3 aromatic rings. The normalized spacial score (nSPS) is 26.1. The van der Waals surface area contributed by atoms with Crippen LogP contribution in [0.3, 0.4) is 0 Å². The minimum Gasteiger partial charge on any atom is -0.480 e. The van der Waals surface area contributed by atoms with Crippen LogP contribution in [0.2, 0.25) is 0 Å². The van der Waals surface area contributed by atoms with Gasteiger partial charge in [-0.25, -0.2) is 0 Å². The quantitative estimate of drug-likeness (QED) is 0.382. The molecular weight excluding hydrogens is 468 g/mol. The van der Waals surface area contributed by atoms with Gasteiger partial charge < -0.3 is 9.47 Å². The number of fused-ring (bicyclic) bond motifs is 2. The highest BCUT2D eigenvalue weighted by Gasteiger charge is 2.59. The van der Waals surface area contributed by atoms with E-state index in [1.54, 1.807) is 0 Å². The fourth-order valence-electron chi connectivity index (χ4n) is 5.50. The Morgan fingerprint density at radius 1 is 0.914 bits per heavy atom. The van der Waals surface area contributed by atoms with E-state index in [2.05, 4.69) is 106 Å². The largest absolute Gasteiger partial charge is 0.480 e. The van der Waals surface area contributed by atoms with Crippen LogP contribution >= 0.6 is 16.5 Å². The zero-order chi connectivity index (χ0) is 24.2. The monoisotopic (exact) mass is 499 g/mol. The molecule has 4 unspecified atom stereocenters. The highest BCUT2D eigenvalue weighted by Crippen LogP contribution is 2.69. The zero-order valence-corrected chi connectivity index (χ0v) is 22.3. The molecule has 2 N–H and O–H groups in total. The molecule has 0 aromatic heterocycles. The lowest BCUT2D eigenvalue weighted by Gasteiger charge is -2.41. The number of hydrogen-bond acceptors (Lipinski definition) is 3. The van der Waals surface area contributed by atoms with E-state index >= 15 is 0 Å². The lowest BCUT2D eigenvalue weighted by molar-refractivity contribution is 0.0538. The molecule has 0 spiro atoms. The SMILES string of the molecule is CC(C)(C)P1c2c(cccc2-c2ccccc2)OC1(N)C1OC2=CCCC(c3ccccc3)=C2P1. The average molecular weight is 500 g/mol. The molecule has 1 saturated heterocycles. The van der Waals surface area contributed by atoms with Crippen LogP contribution < -0.4 is 15.8 Å². The molecule has 1 fully saturated rings. The summed E-state index contributed by atoms with van der Waals surface area (Å²) in [6.07, 6.45) is 4.27. The Morgan fingerprint density at radius 3 is 2.29 bits per heavy atom. The third kappa shape index (κ3) is 3.86. The van der Waals surface area contributed by atoms with Crippen LogP contribution in [-0.2, 0) is 4.74 Å². The Bertz CT molecular complexity index is 1330.